The highest BCUT2D eigenvalue weighted by Gasteiger charge is 2.10. The van der Waals surface area contributed by atoms with Crippen molar-refractivity contribution in [2.75, 3.05) is 7.11 Å². The van der Waals surface area contributed by atoms with Crippen molar-refractivity contribution in [3.8, 4) is 5.75 Å². The molecule has 21 heavy (non-hydrogen) atoms. The minimum atomic E-state index is -0.0526. The van der Waals surface area contributed by atoms with Gasteiger partial charge in [0.1, 0.15) is 5.75 Å². The Labute approximate surface area is 129 Å². The summed E-state index contributed by atoms with van der Waals surface area (Å²) in [5, 5.41) is 3.38. The van der Waals surface area contributed by atoms with Crippen molar-refractivity contribution < 1.29 is 9.53 Å². The van der Waals surface area contributed by atoms with E-state index in [1.165, 1.54) is 0 Å². The second kappa shape index (κ2) is 7.09. The van der Waals surface area contributed by atoms with Crippen LogP contribution in [0.5, 0.6) is 5.75 Å². The van der Waals surface area contributed by atoms with Gasteiger partial charge >= 0.3 is 0 Å². The topological polar surface area (TPSA) is 51.2 Å². The number of halogens is 1. The van der Waals surface area contributed by atoms with Crippen LogP contribution in [0.15, 0.2) is 36.7 Å². The van der Waals surface area contributed by atoms with Gasteiger partial charge in [-0.25, -0.2) is 0 Å². The molecular formula is C16H17ClN2O2. The number of hydrogen-bond acceptors (Lipinski definition) is 3. The number of pyridine rings is 1. The zero-order valence-electron chi connectivity index (χ0n) is 12.0. The van der Waals surface area contributed by atoms with Gasteiger partial charge in [-0.15, -0.1) is 0 Å². The summed E-state index contributed by atoms with van der Waals surface area (Å²) in [6.45, 7) is 2.40. The van der Waals surface area contributed by atoms with E-state index in [0.29, 0.717) is 17.3 Å². The first-order valence-corrected chi connectivity index (χ1v) is 6.96. The Morgan fingerprint density at radius 1 is 1.43 bits per heavy atom. The lowest BCUT2D eigenvalue weighted by Crippen LogP contribution is -2.24. The number of nitrogens with one attached hydrogen (secondary N) is 1. The van der Waals surface area contributed by atoms with Crippen LogP contribution < -0.4 is 10.1 Å². The number of carbonyl (C=O) groups excluding carboxylic acids is 1. The Hall–Kier alpha value is -2.07. The van der Waals surface area contributed by atoms with Gasteiger partial charge in [0.2, 0.25) is 5.91 Å². The molecule has 0 atom stereocenters. The molecule has 1 N–H and O–H groups in total. The van der Waals surface area contributed by atoms with Crippen LogP contribution in [-0.4, -0.2) is 18.0 Å². The lowest BCUT2D eigenvalue weighted by Gasteiger charge is -2.10. The zero-order chi connectivity index (χ0) is 15.2. The summed E-state index contributed by atoms with van der Waals surface area (Å²) >= 11 is 6.09. The molecule has 110 valence electrons. The molecule has 4 nitrogen and oxygen atoms in total. The van der Waals surface area contributed by atoms with Gasteiger partial charge in [-0.2, -0.15) is 0 Å². The van der Waals surface area contributed by atoms with Gasteiger partial charge < -0.3 is 10.1 Å². The first kappa shape index (κ1) is 15.3. The second-order valence-corrected chi connectivity index (χ2v) is 5.14. The SMILES string of the molecule is COc1cc(C)c(CC(=O)NCc2cccnc2)cc1Cl. The number of aromatic nitrogens is 1. The van der Waals surface area contributed by atoms with Gasteiger partial charge in [-0.3, -0.25) is 9.78 Å². The molecule has 1 heterocycles. The third-order valence-electron chi connectivity index (χ3n) is 3.17. The molecule has 0 aliphatic carbocycles. The number of nitrogens with zero attached hydrogens (tertiary/aromatic N) is 1. The fourth-order valence-electron chi connectivity index (χ4n) is 1.98. The highest BCUT2D eigenvalue weighted by molar-refractivity contribution is 6.32. The Morgan fingerprint density at radius 2 is 2.24 bits per heavy atom. The summed E-state index contributed by atoms with van der Waals surface area (Å²) in [7, 11) is 1.57. The van der Waals surface area contributed by atoms with E-state index >= 15 is 0 Å². The summed E-state index contributed by atoms with van der Waals surface area (Å²) in [5.74, 6) is 0.567. The van der Waals surface area contributed by atoms with Crippen LogP contribution in [-0.2, 0) is 17.8 Å². The number of hydrogen-bond donors (Lipinski definition) is 1. The predicted octanol–water partition coefficient (Wildman–Crippen LogP) is 2.91. The van der Waals surface area contributed by atoms with Gasteiger partial charge in [0.15, 0.2) is 0 Å². The fraction of sp³-hybridized carbons (Fsp3) is 0.250. The van der Waals surface area contributed by atoms with Crippen molar-refractivity contribution in [2.45, 2.75) is 19.9 Å². The normalized spacial score (nSPS) is 10.2. The molecule has 1 aromatic carbocycles. The summed E-state index contributed by atoms with van der Waals surface area (Å²) in [5.41, 5.74) is 2.84. The van der Waals surface area contributed by atoms with Gasteiger partial charge in [0.05, 0.1) is 18.6 Å². The molecule has 1 amide bonds. The molecule has 0 aliphatic heterocycles. The monoisotopic (exact) mass is 304 g/mol. The lowest BCUT2D eigenvalue weighted by atomic mass is 10.0. The van der Waals surface area contributed by atoms with Crippen molar-refractivity contribution >= 4 is 17.5 Å². The first-order chi connectivity index (χ1) is 10.1. The molecule has 0 fully saturated rings. The molecule has 0 saturated carbocycles. The van der Waals surface area contributed by atoms with E-state index in [1.54, 1.807) is 25.6 Å². The van der Waals surface area contributed by atoms with Crippen LogP contribution in [0.25, 0.3) is 0 Å². The maximum absolute atomic E-state index is 12.0. The molecule has 5 heteroatoms. The van der Waals surface area contributed by atoms with Crippen LogP contribution >= 0.6 is 11.6 Å². The Kier molecular flexibility index (Phi) is 5.17. The number of methoxy groups -OCH3 is 1. The average molecular weight is 305 g/mol. The summed E-state index contributed by atoms with van der Waals surface area (Å²) in [6.07, 6.45) is 3.72. The van der Waals surface area contributed by atoms with Gasteiger partial charge in [0, 0.05) is 18.9 Å². The third kappa shape index (κ3) is 4.20. The van der Waals surface area contributed by atoms with Crippen molar-refractivity contribution in [2.24, 2.45) is 0 Å². The zero-order valence-corrected chi connectivity index (χ0v) is 12.8. The molecule has 0 unspecified atom stereocenters. The molecule has 1 aromatic heterocycles. The van der Waals surface area contributed by atoms with Crippen LogP contribution in [0, 0.1) is 6.92 Å². The van der Waals surface area contributed by atoms with Gasteiger partial charge in [0.25, 0.3) is 0 Å². The second-order valence-electron chi connectivity index (χ2n) is 4.73. The van der Waals surface area contributed by atoms with Crippen molar-refractivity contribution in [3.63, 3.8) is 0 Å². The van der Waals surface area contributed by atoms with Crippen molar-refractivity contribution in [1.82, 2.24) is 10.3 Å². The fourth-order valence-corrected chi connectivity index (χ4v) is 2.25. The highest BCUT2D eigenvalue weighted by Crippen LogP contribution is 2.28. The van der Waals surface area contributed by atoms with Crippen LogP contribution in [0.2, 0.25) is 5.02 Å². The van der Waals surface area contributed by atoms with Crippen LogP contribution in [0.3, 0.4) is 0 Å². The van der Waals surface area contributed by atoms with Crippen LogP contribution in [0.4, 0.5) is 0 Å². The molecule has 0 aliphatic rings. The maximum atomic E-state index is 12.0. The molecule has 0 spiro atoms. The largest absolute Gasteiger partial charge is 0.495 e. The number of rotatable bonds is 5. The molecule has 0 radical (unpaired) electrons. The molecular weight excluding hydrogens is 288 g/mol. The van der Waals surface area contributed by atoms with E-state index in [4.69, 9.17) is 16.3 Å². The Balaban J connectivity index is 1.98. The molecule has 0 saturated heterocycles. The lowest BCUT2D eigenvalue weighted by molar-refractivity contribution is -0.120. The number of amides is 1. The average Bonchev–Trinajstić information content (AvgIpc) is 2.49. The van der Waals surface area contributed by atoms with E-state index in [1.807, 2.05) is 25.1 Å². The van der Waals surface area contributed by atoms with Crippen molar-refractivity contribution in [3.05, 3.63) is 58.4 Å². The van der Waals surface area contributed by atoms with E-state index in [0.717, 1.165) is 16.7 Å². The summed E-state index contributed by atoms with van der Waals surface area (Å²) < 4.78 is 5.15. The van der Waals surface area contributed by atoms with E-state index < -0.39 is 0 Å². The maximum Gasteiger partial charge on any atom is 0.224 e. The van der Waals surface area contributed by atoms with E-state index in [2.05, 4.69) is 10.3 Å². The summed E-state index contributed by atoms with van der Waals surface area (Å²) in [6, 6.07) is 7.38. The van der Waals surface area contributed by atoms with E-state index in [-0.39, 0.29) is 12.3 Å². The standard InChI is InChI=1S/C16H17ClN2O2/c1-11-6-15(21-2)14(17)7-13(11)8-16(20)19-10-12-4-3-5-18-9-12/h3-7,9H,8,10H2,1-2H3,(H,19,20). The highest BCUT2D eigenvalue weighted by atomic mass is 35.5. The van der Waals surface area contributed by atoms with Gasteiger partial charge in [-0.1, -0.05) is 17.7 Å². The molecule has 2 aromatic rings. The van der Waals surface area contributed by atoms with Gasteiger partial charge in [-0.05, 0) is 41.8 Å². The third-order valence-corrected chi connectivity index (χ3v) is 3.47. The van der Waals surface area contributed by atoms with Crippen molar-refractivity contribution in [1.29, 1.82) is 0 Å². The predicted molar refractivity (Wildman–Crippen MR) is 82.5 cm³/mol. The smallest absolute Gasteiger partial charge is 0.224 e. The Bertz CT molecular complexity index is 630. The minimum Gasteiger partial charge on any atom is -0.495 e. The quantitative estimate of drug-likeness (QED) is 0.924. The van der Waals surface area contributed by atoms with E-state index in [9.17, 15) is 4.79 Å². The van der Waals surface area contributed by atoms with Crippen LogP contribution in [0.1, 0.15) is 16.7 Å². The molecule has 2 rings (SSSR count). The number of ether oxygens (including phenoxy) is 1. The number of aryl methyl sites for hydroxylation is 1. The minimum absolute atomic E-state index is 0.0526. The number of benzene rings is 1. The first-order valence-electron chi connectivity index (χ1n) is 6.58. The summed E-state index contributed by atoms with van der Waals surface area (Å²) in [4.78, 5) is 16.0. The molecule has 0 bridgehead atoms. The number of carbonyl (C=O) groups is 1. The Morgan fingerprint density at radius 3 is 2.90 bits per heavy atom.